The first-order valence-electron chi connectivity index (χ1n) is 5.93. The van der Waals surface area contributed by atoms with Gasteiger partial charge in [-0.05, 0) is 31.0 Å². The molecule has 0 bridgehead atoms. The van der Waals surface area contributed by atoms with Crippen LogP contribution in [0.3, 0.4) is 0 Å². The van der Waals surface area contributed by atoms with Crippen molar-refractivity contribution in [2.24, 2.45) is 7.05 Å². The van der Waals surface area contributed by atoms with Crippen molar-refractivity contribution in [1.82, 2.24) is 9.55 Å². The van der Waals surface area contributed by atoms with Crippen LogP contribution in [-0.4, -0.2) is 16.6 Å². The number of hydrogen-bond acceptors (Lipinski definition) is 2. The second-order valence-corrected chi connectivity index (χ2v) is 4.61. The molecule has 3 nitrogen and oxygen atoms in total. The summed E-state index contributed by atoms with van der Waals surface area (Å²) >= 11 is 0. The zero-order valence-electron chi connectivity index (χ0n) is 9.83. The van der Waals surface area contributed by atoms with Crippen LogP contribution in [0.15, 0.2) is 18.2 Å². The molecule has 3 heteroatoms. The van der Waals surface area contributed by atoms with Crippen LogP contribution < -0.4 is 5.32 Å². The van der Waals surface area contributed by atoms with Gasteiger partial charge in [-0.15, -0.1) is 0 Å². The number of imidazole rings is 1. The number of anilines is 1. The van der Waals surface area contributed by atoms with E-state index in [0.29, 0.717) is 5.92 Å². The molecular weight excluding hydrogens is 198 g/mol. The van der Waals surface area contributed by atoms with E-state index in [1.165, 1.54) is 30.6 Å². The van der Waals surface area contributed by atoms with Crippen LogP contribution in [0.4, 0.5) is 5.69 Å². The van der Waals surface area contributed by atoms with E-state index in [-0.39, 0.29) is 0 Å². The van der Waals surface area contributed by atoms with Gasteiger partial charge < -0.3 is 9.88 Å². The van der Waals surface area contributed by atoms with Crippen LogP contribution in [0.2, 0.25) is 0 Å². The maximum absolute atomic E-state index is 4.74. The molecule has 0 unspecified atom stereocenters. The van der Waals surface area contributed by atoms with Crippen molar-refractivity contribution in [3.05, 3.63) is 24.0 Å². The second-order valence-electron chi connectivity index (χ2n) is 4.61. The van der Waals surface area contributed by atoms with E-state index in [2.05, 4.69) is 35.1 Å². The minimum Gasteiger partial charge on any atom is -0.388 e. The number of aryl methyl sites for hydroxylation is 1. The molecule has 1 aromatic heterocycles. The third-order valence-corrected chi connectivity index (χ3v) is 3.67. The monoisotopic (exact) mass is 215 g/mol. The lowest BCUT2D eigenvalue weighted by molar-refractivity contribution is 0.395. The summed E-state index contributed by atoms with van der Waals surface area (Å²) in [5.41, 5.74) is 3.49. The normalized spacial score (nSPS) is 16.4. The van der Waals surface area contributed by atoms with Crippen LogP contribution >= 0.6 is 0 Å². The van der Waals surface area contributed by atoms with Gasteiger partial charge in [0.15, 0.2) is 0 Å². The molecule has 1 aliphatic rings. The van der Waals surface area contributed by atoms with Crippen LogP contribution in [0.25, 0.3) is 11.0 Å². The Hall–Kier alpha value is -1.51. The van der Waals surface area contributed by atoms with Crippen LogP contribution in [0.5, 0.6) is 0 Å². The predicted molar refractivity (Wildman–Crippen MR) is 66.9 cm³/mol. The van der Waals surface area contributed by atoms with E-state index in [0.717, 1.165) is 11.2 Å². The maximum Gasteiger partial charge on any atom is 0.112 e. The lowest BCUT2D eigenvalue weighted by Crippen LogP contribution is -2.13. The molecular formula is C13H17N3. The molecule has 3 rings (SSSR count). The van der Waals surface area contributed by atoms with E-state index in [1.54, 1.807) is 0 Å². The quantitative estimate of drug-likeness (QED) is 0.834. The molecule has 0 atom stereocenters. The van der Waals surface area contributed by atoms with Crippen molar-refractivity contribution >= 4 is 16.7 Å². The summed E-state index contributed by atoms with van der Waals surface area (Å²) in [5.74, 6) is 1.95. The Morgan fingerprint density at radius 2 is 2.19 bits per heavy atom. The smallest absolute Gasteiger partial charge is 0.112 e. The average Bonchev–Trinajstić information content (AvgIpc) is 2.54. The Balaban J connectivity index is 2.14. The van der Waals surface area contributed by atoms with Gasteiger partial charge in [-0.3, -0.25) is 0 Å². The van der Waals surface area contributed by atoms with Crippen molar-refractivity contribution in [1.29, 1.82) is 0 Å². The van der Waals surface area contributed by atoms with Gasteiger partial charge in [0.05, 0.1) is 11.0 Å². The Morgan fingerprint density at radius 3 is 2.81 bits per heavy atom. The van der Waals surface area contributed by atoms with Crippen LogP contribution in [0, 0.1) is 0 Å². The first-order chi connectivity index (χ1) is 7.79. The molecule has 0 amide bonds. The molecule has 1 aromatic carbocycles. The number of nitrogens with zero attached hydrogens (tertiary/aromatic N) is 2. The SMILES string of the molecule is CNc1ccc2nc(C3CCC3)n(C)c2c1. The Bertz CT molecular complexity index is 523. The third-order valence-electron chi connectivity index (χ3n) is 3.67. The second kappa shape index (κ2) is 3.51. The van der Waals surface area contributed by atoms with Crippen molar-refractivity contribution in [3.8, 4) is 0 Å². The Morgan fingerprint density at radius 1 is 1.38 bits per heavy atom. The highest BCUT2D eigenvalue weighted by Gasteiger charge is 2.24. The van der Waals surface area contributed by atoms with Gasteiger partial charge in [-0.25, -0.2) is 4.98 Å². The maximum atomic E-state index is 4.74. The minimum atomic E-state index is 0.690. The Labute approximate surface area is 95.5 Å². The first kappa shape index (κ1) is 9.70. The summed E-state index contributed by atoms with van der Waals surface area (Å²) in [4.78, 5) is 4.74. The summed E-state index contributed by atoms with van der Waals surface area (Å²) in [7, 11) is 4.08. The predicted octanol–water partition coefficient (Wildman–Crippen LogP) is 2.88. The first-order valence-corrected chi connectivity index (χ1v) is 5.93. The summed E-state index contributed by atoms with van der Waals surface area (Å²) < 4.78 is 2.25. The summed E-state index contributed by atoms with van der Waals surface area (Å²) in [6.07, 6.45) is 3.96. The summed E-state index contributed by atoms with van der Waals surface area (Å²) in [6, 6.07) is 6.35. The zero-order valence-corrected chi connectivity index (χ0v) is 9.83. The summed E-state index contributed by atoms with van der Waals surface area (Å²) in [5, 5.41) is 3.17. The van der Waals surface area contributed by atoms with E-state index in [9.17, 15) is 0 Å². The molecule has 1 aliphatic carbocycles. The highest BCUT2D eigenvalue weighted by Crippen LogP contribution is 2.36. The zero-order chi connectivity index (χ0) is 11.1. The molecule has 0 aliphatic heterocycles. The van der Waals surface area contributed by atoms with Crippen LogP contribution in [0.1, 0.15) is 31.0 Å². The molecule has 16 heavy (non-hydrogen) atoms. The number of benzene rings is 1. The fourth-order valence-electron chi connectivity index (χ4n) is 2.40. The lowest BCUT2D eigenvalue weighted by atomic mass is 9.85. The number of nitrogens with one attached hydrogen (secondary N) is 1. The molecule has 0 spiro atoms. The molecule has 84 valence electrons. The molecule has 0 saturated heterocycles. The van der Waals surface area contributed by atoms with Crippen LogP contribution in [-0.2, 0) is 7.05 Å². The fraction of sp³-hybridized carbons (Fsp3) is 0.462. The topological polar surface area (TPSA) is 29.9 Å². The van der Waals surface area contributed by atoms with Gasteiger partial charge in [0.1, 0.15) is 5.82 Å². The third kappa shape index (κ3) is 1.31. The minimum absolute atomic E-state index is 0.690. The molecule has 1 heterocycles. The lowest BCUT2D eigenvalue weighted by Gasteiger charge is -2.24. The molecule has 1 N–H and O–H groups in total. The van der Waals surface area contributed by atoms with Gasteiger partial charge in [0.25, 0.3) is 0 Å². The molecule has 1 saturated carbocycles. The van der Waals surface area contributed by atoms with E-state index < -0.39 is 0 Å². The standard InChI is InChI=1S/C13H17N3/c1-14-10-6-7-11-12(8-10)16(2)13(15-11)9-4-3-5-9/h6-9,14H,3-5H2,1-2H3. The Kier molecular flexibility index (Phi) is 2.13. The van der Waals surface area contributed by atoms with Crippen molar-refractivity contribution < 1.29 is 0 Å². The average molecular weight is 215 g/mol. The molecule has 2 aromatic rings. The van der Waals surface area contributed by atoms with Crippen molar-refractivity contribution in [2.45, 2.75) is 25.2 Å². The van der Waals surface area contributed by atoms with E-state index >= 15 is 0 Å². The van der Waals surface area contributed by atoms with E-state index in [1.807, 2.05) is 7.05 Å². The highest BCUT2D eigenvalue weighted by atomic mass is 15.1. The van der Waals surface area contributed by atoms with Crippen molar-refractivity contribution in [3.63, 3.8) is 0 Å². The van der Waals surface area contributed by atoms with Gasteiger partial charge in [-0.1, -0.05) is 6.42 Å². The number of fused-ring (bicyclic) bond motifs is 1. The van der Waals surface area contributed by atoms with Crippen molar-refractivity contribution in [2.75, 3.05) is 12.4 Å². The number of rotatable bonds is 2. The van der Waals surface area contributed by atoms with E-state index in [4.69, 9.17) is 4.98 Å². The van der Waals surface area contributed by atoms with Gasteiger partial charge in [-0.2, -0.15) is 0 Å². The van der Waals surface area contributed by atoms with Gasteiger partial charge >= 0.3 is 0 Å². The molecule has 0 radical (unpaired) electrons. The molecule has 1 fully saturated rings. The fourth-order valence-corrected chi connectivity index (χ4v) is 2.40. The van der Waals surface area contributed by atoms with Gasteiger partial charge in [0, 0.05) is 25.7 Å². The summed E-state index contributed by atoms with van der Waals surface area (Å²) in [6.45, 7) is 0. The largest absolute Gasteiger partial charge is 0.388 e. The highest BCUT2D eigenvalue weighted by molar-refractivity contribution is 5.80. The number of hydrogen-bond donors (Lipinski definition) is 1. The van der Waals surface area contributed by atoms with Gasteiger partial charge in [0.2, 0.25) is 0 Å². The number of aromatic nitrogens is 2.